The van der Waals surface area contributed by atoms with E-state index >= 15 is 0 Å². The summed E-state index contributed by atoms with van der Waals surface area (Å²) >= 11 is 0. The van der Waals surface area contributed by atoms with Crippen LogP contribution in [0.2, 0.25) is 0 Å². The molecule has 0 spiro atoms. The number of fused-ring (bicyclic) bond motifs is 1. The number of hydrogen-bond acceptors (Lipinski definition) is 4. The molecular formula is C20H24N2O3. The minimum Gasteiger partial charge on any atom is -0.507 e. The molecule has 0 bridgehead atoms. The second kappa shape index (κ2) is 7.05. The predicted octanol–water partition coefficient (Wildman–Crippen LogP) is 3.45. The molecule has 1 aliphatic heterocycles. The molecule has 1 N–H and O–H groups in total. The molecule has 0 unspecified atom stereocenters. The van der Waals surface area contributed by atoms with Gasteiger partial charge >= 0.3 is 0 Å². The molecular weight excluding hydrogens is 316 g/mol. The molecule has 1 heterocycles. The van der Waals surface area contributed by atoms with Crippen LogP contribution in [-0.4, -0.2) is 37.8 Å². The number of ether oxygens (including phenoxy) is 1. The van der Waals surface area contributed by atoms with Crippen LogP contribution in [-0.2, 0) is 6.42 Å². The van der Waals surface area contributed by atoms with E-state index in [1.165, 1.54) is 0 Å². The Labute approximate surface area is 148 Å². The number of nitrogens with zero attached hydrogens (tertiary/aromatic N) is 2. The molecule has 25 heavy (non-hydrogen) atoms. The van der Waals surface area contributed by atoms with Gasteiger partial charge in [-0.1, -0.05) is 0 Å². The molecule has 0 aliphatic carbocycles. The quantitative estimate of drug-likeness (QED) is 0.906. The van der Waals surface area contributed by atoms with E-state index in [0.717, 1.165) is 42.2 Å². The van der Waals surface area contributed by atoms with Crippen LogP contribution in [0, 0.1) is 0 Å². The molecule has 5 heteroatoms. The molecule has 1 aliphatic rings. The number of carbonyl (C=O) groups excluding carboxylic acids is 1. The fraction of sp³-hybridized carbons (Fsp3) is 0.350. The topological polar surface area (TPSA) is 53.0 Å². The lowest BCUT2D eigenvalue weighted by molar-refractivity contribution is 0.0987. The van der Waals surface area contributed by atoms with E-state index in [4.69, 9.17) is 4.74 Å². The van der Waals surface area contributed by atoms with Gasteiger partial charge < -0.3 is 19.6 Å². The Morgan fingerprint density at radius 2 is 1.96 bits per heavy atom. The SMILES string of the molecule is CCN(CC)c1ccc(C(=O)N2CCc3cc(OC)ccc32)c(O)c1. The van der Waals surface area contributed by atoms with E-state index in [1.54, 1.807) is 24.1 Å². The van der Waals surface area contributed by atoms with Gasteiger partial charge in [-0.15, -0.1) is 0 Å². The van der Waals surface area contributed by atoms with Gasteiger partial charge in [0.1, 0.15) is 11.5 Å². The second-order valence-corrected chi connectivity index (χ2v) is 6.08. The Balaban J connectivity index is 1.88. The zero-order valence-electron chi connectivity index (χ0n) is 15.0. The van der Waals surface area contributed by atoms with Crippen LogP contribution in [0.5, 0.6) is 11.5 Å². The maximum absolute atomic E-state index is 12.9. The third kappa shape index (κ3) is 3.14. The van der Waals surface area contributed by atoms with Crippen molar-refractivity contribution < 1.29 is 14.6 Å². The van der Waals surface area contributed by atoms with Crippen LogP contribution in [0.25, 0.3) is 0 Å². The first kappa shape index (κ1) is 17.1. The molecule has 0 saturated heterocycles. The molecule has 0 radical (unpaired) electrons. The van der Waals surface area contributed by atoms with E-state index in [2.05, 4.69) is 18.7 Å². The molecule has 0 fully saturated rings. The minimum absolute atomic E-state index is 0.0244. The Hall–Kier alpha value is -2.69. The van der Waals surface area contributed by atoms with E-state index in [0.29, 0.717) is 12.1 Å². The summed E-state index contributed by atoms with van der Waals surface area (Å²) in [4.78, 5) is 16.8. The lowest BCUT2D eigenvalue weighted by Gasteiger charge is -2.23. The molecule has 5 nitrogen and oxygen atoms in total. The zero-order chi connectivity index (χ0) is 18.0. The number of methoxy groups -OCH3 is 1. The molecule has 2 aromatic carbocycles. The second-order valence-electron chi connectivity index (χ2n) is 6.08. The highest BCUT2D eigenvalue weighted by molar-refractivity contribution is 6.09. The fourth-order valence-corrected chi connectivity index (χ4v) is 3.35. The molecule has 132 valence electrons. The summed E-state index contributed by atoms with van der Waals surface area (Å²) < 4.78 is 5.25. The number of carbonyl (C=O) groups is 1. The first-order valence-electron chi connectivity index (χ1n) is 8.65. The summed E-state index contributed by atoms with van der Waals surface area (Å²) in [5.41, 5.74) is 3.23. The van der Waals surface area contributed by atoms with E-state index in [-0.39, 0.29) is 11.7 Å². The summed E-state index contributed by atoms with van der Waals surface area (Å²) in [7, 11) is 1.63. The van der Waals surface area contributed by atoms with Crippen molar-refractivity contribution in [1.82, 2.24) is 0 Å². The highest BCUT2D eigenvalue weighted by Crippen LogP contribution is 2.34. The lowest BCUT2D eigenvalue weighted by Crippen LogP contribution is -2.29. The summed E-state index contributed by atoms with van der Waals surface area (Å²) in [6, 6.07) is 11.0. The van der Waals surface area contributed by atoms with Gasteiger partial charge in [-0.3, -0.25) is 4.79 Å². The first-order valence-corrected chi connectivity index (χ1v) is 8.65. The van der Waals surface area contributed by atoms with Crippen molar-refractivity contribution in [3.05, 3.63) is 47.5 Å². The number of phenolic OH excluding ortho intramolecular Hbond substituents is 1. The number of benzene rings is 2. The van der Waals surface area contributed by atoms with Crippen molar-refractivity contribution in [3.63, 3.8) is 0 Å². The summed E-state index contributed by atoms with van der Waals surface area (Å²) in [6.07, 6.45) is 0.788. The Kier molecular flexibility index (Phi) is 4.83. The minimum atomic E-state index is -0.174. The maximum Gasteiger partial charge on any atom is 0.262 e. The number of rotatable bonds is 5. The maximum atomic E-state index is 12.9. The average Bonchev–Trinajstić information content (AvgIpc) is 3.05. The predicted molar refractivity (Wildman–Crippen MR) is 100 cm³/mol. The molecule has 0 atom stereocenters. The van der Waals surface area contributed by atoms with Gasteiger partial charge in [0.25, 0.3) is 5.91 Å². The Bertz CT molecular complexity index is 785. The van der Waals surface area contributed by atoms with Crippen molar-refractivity contribution >= 4 is 17.3 Å². The summed E-state index contributed by atoms with van der Waals surface area (Å²) in [6.45, 7) is 6.44. The highest BCUT2D eigenvalue weighted by Gasteiger charge is 2.27. The average molecular weight is 340 g/mol. The smallest absolute Gasteiger partial charge is 0.262 e. The molecule has 1 amide bonds. The highest BCUT2D eigenvalue weighted by atomic mass is 16.5. The van der Waals surface area contributed by atoms with Crippen molar-refractivity contribution in [1.29, 1.82) is 0 Å². The zero-order valence-corrected chi connectivity index (χ0v) is 15.0. The number of anilines is 2. The van der Waals surface area contributed by atoms with Crippen LogP contribution >= 0.6 is 0 Å². The van der Waals surface area contributed by atoms with Gasteiger partial charge in [-0.05, 0) is 56.2 Å². The van der Waals surface area contributed by atoms with Crippen LogP contribution in [0.3, 0.4) is 0 Å². The Morgan fingerprint density at radius 3 is 2.60 bits per heavy atom. The van der Waals surface area contributed by atoms with Crippen molar-refractivity contribution in [3.8, 4) is 11.5 Å². The van der Waals surface area contributed by atoms with Crippen molar-refractivity contribution in [2.45, 2.75) is 20.3 Å². The van der Waals surface area contributed by atoms with E-state index in [1.807, 2.05) is 24.3 Å². The van der Waals surface area contributed by atoms with E-state index in [9.17, 15) is 9.90 Å². The van der Waals surface area contributed by atoms with Gasteiger partial charge in [0.2, 0.25) is 0 Å². The number of hydrogen-bond donors (Lipinski definition) is 1. The number of amides is 1. The normalized spacial score (nSPS) is 12.8. The standard InChI is InChI=1S/C20H24N2O3/c1-4-21(5-2)15-6-8-17(19(23)13-15)20(24)22-11-10-14-12-16(25-3)7-9-18(14)22/h6-9,12-13,23H,4-5,10-11H2,1-3H3. The number of phenols is 1. The fourth-order valence-electron chi connectivity index (χ4n) is 3.35. The van der Waals surface area contributed by atoms with Gasteiger partial charge in [0, 0.05) is 37.1 Å². The third-order valence-corrected chi connectivity index (χ3v) is 4.77. The first-order chi connectivity index (χ1) is 12.1. The molecule has 2 aromatic rings. The molecule has 0 saturated carbocycles. The van der Waals surface area contributed by atoms with Gasteiger partial charge in [-0.2, -0.15) is 0 Å². The Morgan fingerprint density at radius 1 is 1.20 bits per heavy atom. The monoisotopic (exact) mass is 340 g/mol. The van der Waals surface area contributed by atoms with Gasteiger partial charge in [0.15, 0.2) is 0 Å². The molecule has 0 aromatic heterocycles. The van der Waals surface area contributed by atoms with Crippen LogP contribution in [0.15, 0.2) is 36.4 Å². The van der Waals surface area contributed by atoms with Crippen molar-refractivity contribution in [2.24, 2.45) is 0 Å². The summed E-state index contributed by atoms with van der Waals surface area (Å²) in [5.74, 6) is 0.642. The largest absolute Gasteiger partial charge is 0.507 e. The van der Waals surface area contributed by atoms with Crippen molar-refractivity contribution in [2.75, 3.05) is 36.5 Å². The summed E-state index contributed by atoms with van der Waals surface area (Å²) in [5, 5.41) is 10.4. The molecule has 3 rings (SSSR count). The third-order valence-electron chi connectivity index (χ3n) is 4.77. The van der Waals surface area contributed by atoms with Gasteiger partial charge in [0.05, 0.1) is 12.7 Å². The van der Waals surface area contributed by atoms with Crippen LogP contribution in [0.1, 0.15) is 29.8 Å². The van der Waals surface area contributed by atoms with Crippen LogP contribution in [0.4, 0.5) is 11.4 Å². The van der Waals surface area contributed by atoms with Gasteiger partial charge in [-0.25, -0.2) is 0 Å². The lowest BCUT2D eigenvalue weighted by atomic mass is 10.1. The van der Waals surface area contributed by atoms with Crippen LogP contribution < -0.4 is 14.5 Å². The number of aromatic hydroxyl groups is 1. The van der Waals surface area contributed by atoms with E-state index < -0.39 is 0 Å².